The van der Waals surface area contributed by atoms with Crippen molar-refractivity contribution >= 4 is 5.97 Å². The van der Waals surface area contributed by atoms with Crippen LogP contribution < -0.4 is 0 Å². The number of rotatable bonds is 14. The first-order chi connectivity index (χ1) is 15.5. The van der Waals surface area contributed by atoms with Crippen LogP contribution in [0.3, 0.4) is 0 Å². The Morgan fingerprint density at radius 2 is 1.75 bits per heavy atom. The van der Waals surface area contributed by atoms with E-state index < -0.39 is 5.41 Å². The van der Waals surface area contributed by atoms with Gasteiger partial charge in [0.15, 0.2) is 0 Å². The van der Waals surface area contributed by atoms with Crippen LogP contribution in [0.4, 0.5) is 0 Å². The van der Waals surface area contributed by atoms with Crippen molar-refractivity contribution in [2.45, 2.75) is 90.9 Å². The predicted octanol–water partition coefficient (Wildman–Crippen LogP) is 6.25. The lowest BCUT2D eigenvalue weighted by Crippen LogP contribution is -2.32. The minimum absolute atomic E-state index is 0.0580. The summed E-state index contributed by atoms with van der Waals surface area (Å²) in [5, 5.41) is 18.0. The number of unbranched alkanes of at least 4 members (excludes halogenated alkanes) is 3. The van der Waals surface area contributed by atoms with Crippen molar-refractivity contribution in [1.29, 1.82) is 0 Å². The highest BCUT2D eigenvalue weighted by Crippen LogP contribution is 2.29. The van der Waals surface area contributed by atoms with Gasteiger partial charge in [0.05, 0.1) is 13.2 Å². The number of carbonyl (C=O) groups excluding carboxylic acids is 1. The predicted molar refractivity (Wildman–Crippen MR) is 132 cm³/mol. The summed E-state index contributed by atoms with van der Waals surface area (Å²) in [7, 11) is 0. The van der Waals surface area contributed by atoms with Gasteiger partial charge in [-0.25, -0.2) is 0 Å². The fourth-order valence-corrected chi connectivity index (χ4v) is 3.88. The van der Waals surface area contributed by atoms with E-state index in [0.29, 0.717) is 6.42 Å². The van der Waals surface area contributed by atoms with E-state index >= 15 is 0 Å². The van der Waals surface area contributed by atoms with Crippen LogP contribution >= 0.6 is 0 Å². The number of carbonyl (C=O) groups is 1. The summed E-state index contributed by atoms with van der Waals surface area (Å²) in [6.45, 7) is 3.26. The van der Waals surface area contributed by atoms with Crippen molar-refractivity contribution in [1.82, 2.24) is 0 Å². The first-order valence-electron chi connectivity index (χ1n) is 12.6. The quantitative estimate of drug-likeness (QED) is 0.201. The maximum atomic E-state index is 11.3. The Hall–Kier alpha value is -1.65. The van der Waals surface area contributed by atoms with Crippen LogP contribution in [0, 0.1) is 11.3 Å². The van der Waals surface area contributed by atoms with Crippen molar-refractivity contribution in [2.75, 3.05) is 19.8 Å². The normalized spacial score (nSPS) is 14.4. The molecule has 0 amide bonds. The van der Waals surface area contributed by atoms with E-state index in [1.807, 2.05) is 19.1 Å². The summed E-state index contributed by atoms with van der Waals surface area (Å²) >= 11 is 0. The topological polar surface area (TPSA) is 66.8 Å². The van der Waals surface area contributed by atoms with Crippen molar-refractivity contribution in [2.24, 2.45) is 11.3 Å². The smallest absolute Gasteiger partial charge is 0.305 e. The molecular formula is C28H46O4. The molecule has 1 aromatic rings. The van der Waals surface area contributed by atoms with E-state index in [9.17, 15) is 4.79 Å². The maximum absolute atomic E-state index is 11.3. The molecule has 0 bridgehead atoms. The molecule has 0 heterocycles. The molecule has 0 saturated heterocycles. The average Bonchev–Trinajstić information content (AvgIpc) is 3.35. The Kier molecular flexibility index (Phi) is 15.8. The highest BCUT2D eigenvalue weighted by atomic mass is 16.5. The molecule has 182 valence electrons. The second-order valence-corrected chi connectivity index (χ2v) is 9.48. The Balaban J connectivity index is 0.000000320. The lowest BCUT2D eigenvalue weighted by Gasteiger charge is -2.23. The number of ether oxygens (including phenoxy) is 1. The molecular weight excluding hydrogens is 400 g/mol. The fourth-order valence-electron chi connectivity index (χ4n) is 3.88. The van der Waals surface area contributed by atoms with E-state index in [2.05, 4.69) is 30.3 Å². The zero-order valence-corrected chi connectivity index (χ0v) is 20.4. The van der Waals surface area contributed by atoms with Gasteiger partial charge in [-0.05, 0) is 44.1 Å². The molecule has 2 N–H and O–H groups in total. The number of hydrogen-bond donors (Lipinski definition) is 2. The number of esters is 1. The third-order valence-electron chi connectivity index (χ3n) is 6.23. The Morgan fingerprint density at radius 3 is 2.38 bits per heavy atom. The summed E-state index contributed by atoms with van der Waals surface area (Å²) in [4.78, 5) is 11.3. The molecule has 1 saturated carbocycles. The van der Waals surface area contributed by atoms with Crippen LogP contribution in [0.5, 0.6) is 0 Å². The molecule has 1 aromatic carbocycles. The monoisotopic (exact) mass is 446 g/mol. The van der Waals surface area contributed by atoms with Crippen molar-refractivity contribution in [3.8, 4) is 0 Å². The van der Waals surface area contributed by atoms with E-state index in [0.717, 1.165) is 18.8 Å². The minimum Gasteiger partial charge on any atom is -0.465 e. The van der Waals surface area contributed by atoms with Crippen LogP contribution in [0.2, 0.25) is 0 Å². The van der Waals surface area contributed by atoms with Gasteiger partial charge in [-0.1, -0.05) is 94.4 Å². The van der Waals surface area contributed by atoms with E-state index in [1.165, 1.54) is 63.4 Å². The van der Waals surface area contributed by atoms with Crippen molar-refractivity contribution in [3.63, 3.8) is 0 Å². The molecule has 32 heavy (non-hydrogen) atoms. The van der Waals surface area contributed by atoms with Crippen molar-refractivity contribution < 1.29 is 19.7 Å². The van der Waals surface area contributed by atoms with Gasteiger partial charge in [0, 0.05) is 11.8 Å². The highest BCUT2D eigenvalue weighted by molar-refractivity contribution is 5.69. The zero-order chi connectivity index (χ0) is 23.5. The Labute approximate surface area is 196 Å². The summed E-state index contributed by atoms with van der Waals surface area (Å²) < 4.78 is 4.99. The molecule has 0 atom stereocenters. The first kappa shape index (κ1) is 28.4. The largest absolute Gasteiger partial charge is 0.465 e. The third kappa shape index (κ3) is 13.7. The van der Waals surface area contributed by atoms with Gasteiger partial charge in [0.25, 0.3) is 0 Å². The summed E-state index contributed by atoms with van der Waals surface area (Å²) in [6, 6.07) is 10.9. The van der Waals surface area contributed by atoms with Crippen LogP contribution in [0.15, 0.2) is 42.5 Å². The van der Waals surface area contributed by atoms with Crippen molar-refractivity contribution in [3.05, 3.63) is 48.0 Å². The summed E-state index contributed by atoms with van der Waals surface area (Å²) in [5.74, 6) is 0.800. The second-order valence-electron chi connectivity index (χ2n) is 9.48. The fraction of sp³-hybridized carbons (Fsp3) is 0.679. The molecule has 4 nitrogen and oxygen atoms in total. The molecule has 4 heteroatoms. The number of benzene rings is 1. The zero-order valence-electron chi connectivity index (χ0n) is 20.4. The van der Waals surface area contributed by atoms with Gasteiger partial charge in [0.2, 0.25) is 0 Å². The van der Waals surface area contributed by atoms with Gasteiger partial charge >= 0.3 is 5.97 Å². The third-order valence-corrected chi connectivity index (χ3v) is 6.23. The van der Waals surface area contributed by atoms with Crippen LogP contribution in [-0.2, 0) is 16.0 Å². The van der Waals surface area contributed by atoms with E-state index in [-0.39, 0.29) is 25.8 Å². The lowest BCUT2D eigenvalue weighted by atomic mass is 9.94. The SMILES string of the molecule is C/C=C\CCCC(=O)OCC(C)(CO)CO.c1ccc(CCCCCC2CCCC2)cc1. The minimum atomic E-state index is -0.737. The van der Waals surface area contributed by atoms with Gasteiger partial charge in [-0.15, -0.1) is 0 Å². The Morgan fingerprint density at radius 1 is 1.06 bits per heavy atom. The number of hydrogen-bond acceptors (Lipinski definition) is 4. The van der Waals surface area contributed by atoms with Crippen LogP contribution in [-0.4, -0.2) is 36.0 Å². The summed E-state index contributed by atoms with van der Waals surface area (Å²) in [6.07, 6.45) is 19.0. The van der Waals surface area contributed by atoms with Gasteiger partial charge < -0.3 is 14.9 Å². The molecule has 1 fully saturated rings. The number of aliphatic hydroxyl groups is 2. The van der Waals surface area contributed by atoms with E-state index in [4.69, 9.17) is 14.9 Å². The lowest BCUT2D eigenvalue weighted by molar-refractivity contribution is -0.149. The number of allylic oxidation sites excluding steroid dienone is 2. The van der Waals surface area contributed by atoms with Crippen LogP contribution in [0.25, 0.3) is 0 Å². The molecule has 0 aliphatic heterocycles. The van der Waals surface area contributed by atoms with Gasteiger partial charge in [-0.2, -0.15) is 0 Å². The average molecular weight is 447 g/mol. The molecule has 0 aromatic heterocycles. The molecule has 0 spiro atoms. The second kappa shape index (κ2) is 17.9. The molecule has 0 radical (unpaired) electrons. The summed E-state index contributed by atoms with van der Waals surface area (Å²) in [5.41, 5.74) is 0.766. The standard InChI is InChI=1S/C16H24.C12H22O4/c1-3-9-15(10-4-1)11-5-2-6-12-16-13-7-8-14-16;1-3-4-5-6-7-11(15)16-10-12(2,8-13)9-14/h1,3-4,9-10,16H,2,5-8,11-14H2;3-4,13-14H,5-10H2,1-2H3/b;4-3-. The van der Waals surface area contributed by atoms with Gasteiger partial charge in [0.1, 0.15) is 6.61 Å². The maximum Gasteiger partial charge on any atom is 0.305 e. The molecule has 1 aliphatic carbocycles. The molecule has 0 unspecified atom stereocenters. The molecule has 1 aliphatic rings. The number of aryl methyl sites for hydroxylation is 1. The highest BCUT2D eigenvalue weighted by Gasteiger charge is 2.24. The first-order valence-corrected chi connectivity index (χ1v) is 12.6. The van der Waals surface area contributed by atoms with E-state index in [1.54, 1.807) is 6.92 Å². The molecule has 2 rings (SSSR count). The Bertz CT molecular complexity index is 601. The number of aliphatic hydroxyl groups excluding tert-OH is 2. The van der Waals surface area contributed by atoms with Gasteiger partial charge in [-0.3, -0.25) is 4.79 Å². The van der Waals surface area contributed by atoms with Crippen LogP contribution in [0.1, 0.15) is 90.0 Å².